The predicted molar refractivity (Wildman–Crippen MR) is 92.4 cm³/mol. The highest BCUT2D eigenvalue weighted by atomic mass is 32.2. The number of thioether (sulfide) groups is 1. The highest BCUT2D eigenvalue weighted by Gasteiger charge is 2.05. The molecule has 2 aromatic carbocycles. The number of nitrogens with one attached hydrogen (secondary N) is 1. The fourth-order valence-corrected chi connectivity index (χ4v) is 2.95. The number of hydrogen-bond donors (Lipinski definition) is 1. The highest BCUT2D eigenvalue weighted by Crippen LogP contribution is 2.21. The molecule has 4 nitrogen and oxygen atoms in total. The second-order valence-corrected chi connectivity index (χ2v) is 6.07. The molecule has 0 bridgehead atoms. The molecule has 0 aliphatic rings. The molecule has 3 aromatic rings. The van der Waals surface area contributed by atoms with Crippen LogP contribution in [0.5, 0.6) is 0 Å². The number of hydrogen-bond acceptors (Lipinski definition) is 4. The maximum Gasteiger partial charge on any atom is 0.225 e. The van der Waals surface area contributed by atoms with E-state index >= 15 is 0 Å². The number of carbonyl (C=O) groups is 1. The van der Waals surface area contributed by atoms with Gasteiger partial charge in [0.2, 0.25) is 5.91 Å². The van der Waals surface area contributed by atoms with E-state index in [0.717, 1.165) is 17.0 Å². The Balaban J connectivity index is 1.48. The van der Waals surface area contributed by atoms with E-state index in [1.54, 1.807) is 18.0 Å². The average molecular weight is 324 g/mol. The second-order valence-electron chi connectivity index (χ2n) is 4.90. The molecule has 0 unspecified atom stereocenters. The van der Waals surface area contributed by atoms with E-state index in [9.17, 15) is 4.79 Å². The summed E-state index contributed by atoms with van der Waals surface area (Å²) in [4.78, 5) is 17.0. The first-order chi connectivity index (χ1) is 11.3. The molecule has 0 aliphatic heterocycles. The Morgan fingerprint density at radius 3 is 2.57 bits per heavy atom. The zero-order valence-corrected chi connectivity index (χ0v) is 13.3. The summed E-state index contributed by atoms with van der Waals surface area (Å²) in [5.41, 5.74) is 1.71. The smallest absolute Gasteiger partial charge is 0.225 e. The maximum absolute atomic E-state index is 12.0. The van der Waals surface area contributed by atoms with Crippen molar-refractivity contribution in [2.24, 2.45) is 0 Å². The molecule has 0 spiro atoms. The summed E-state index contributed by atoms with van der Waals surface area (Å²) in [7, 11) is 0. The molecular weight excluding hydrogens is 308 g/mol. The molecule has 0 radical (unpaired) electrons. The summed E-state index contributed by atoms with van der Waals surface area (Å²) in [6, 6.07) is 17.6. The van der Waals surface area contributed by atoms with E-state index < -0.39 is 0 Å². The molecule has 116 valence electrons. The molecule has 0 atom stereocenters. The molecule has 23 heavy (non-hydrogen) atoms. The van der Waals surface area contributed by atoms with Gasteiger partial charge in [0.05, 0.1) is 6.20 Å². The average Bonchev–Trinajstić information content (AvgIpc) is 3.11. The minimum Gasteiger partial charge on any atom is -0.444 e. The van der Waals surface area contributed by atoms with Crippen LogP contribution in [0.15, 0.2) is 76.5 Å². The van der Waals surface area contributed by atoms with Crippen LogP contribution in [0.25, 0.3) is 11.3 Å². The van der Waals surface area contributed by atoms with Crippen LogP contribution in [0.1, 0.15) is 6.42 Å². The van der Waals surface area contributed by atoms with Crippen LogP contribution in [-0.2, 0) is 4.79 Å². The van der Waals surface area contributed by atoms with Gasteiger partial charge in [-0.25, -0.2) is 4.98 Å². The van der Waals surface area contributed by atoms with Crippen molar-refractivity contribution in [3.8, 4) is 11.3 Å². The van der Waals surface area contributed by atoms with Crippen LogP contribution >= 0.6 is 11.8 Å². The van der Waals surface area contributed by atoms with Crippen LogP contribution in [0, 0.1) is 0 Å². The largest absolute Gasteiger partial charge is 0.444 e. The third-order valence-electron chi connectivity index (χ3n) is 3.23. The van der Waals surface area contributed by atoms with Gasteiger partial charge in [-0.05, 0) is 36.4 Å². The number of aromatic nitrogens is 1. The molecule has 0 saturated heterocycles. The predicted octanol–water partition coefficient (Wildman–Crippen LogP) is 4.46. The fourth-order valence-electron chi connectivity index (χ4n) is 2.08. The quantitative estimate of drug-likeness (QED) is 0.680. The minimum absolute atomic E-state index is 0.0147. The lowest BCUT2D eigenvalue weighted by Gasteiger charge is -2.06. The minimum atomic E-state index is 0.0147. The van der Waals surface area contributed by atoms with E-state index in [-0.39, 0.29) is 5.91 Å². The number of oxazole rings is 1. The van der Waals surface area contributed by atoms with E-state index in [0.29, 0.717) is 12.2 Å². The lowest BCUT2D eigenvalue weighted by Crippen LogP contribution is -2.11. The molecular formula is C18H16N2O2S. The fraction of sp³-hybridized carbons (Fsp3) is 0.111. The van der Waals surface area contributed by atoms with Gasteiger partial charge in [0.25, 0.3) is 0 Å². The van der Waals surface area contributed by atoms with Crippen LogP contribution in [0.4, 0.5) is 5.69 Å². The standard InChI is InChI=1S/C18H16N2O2S/c21-18(10-11-23-16-4-2-1-3-5-16)20-15-8-6-14(7-9-15)17-12-19-13-22-17/h1-9,12-13H,10-11H2,(H,20,21). The molecule has 1 N–H and O–H groups in total. The zero-order valence-electron chi connectivity index (χ0n) is 12.4. The van der Waals surface area contributed by atoms with Gasteiger partial charge in [-0.1, -0.05) is 18.2 Å². The molecule has 3 rings (SSSR count). The Kier molecular flexibility index (Phi) is 5.11. The second kappa shape index (κ2) is 7.65. The normalized spacial score (nSPS) is 10.4. The summed E-state index contributed by atoms with van der Waals surface area (Å²) in [6.45, 7) is 0. The molecule has 1 aromatic heterocycles. The monoisotopic (exact) mass is 324 g/mol. The molecule has 0 saturated carbocycles. The number of anilines is 1. The van der Waals surface area contributed by atoms with Gasteiger partial charge in [0.1, 0.15) is 0 Å². The Bertz CT molecular complexity index is 740. The van der Waals surface area contributed by atoms with Gasteiger partial charge >= 0.3 is 0 Å². The van der Waals surface area contributed by atoms with Crippen molar-refractivity contribution in [3.05, 3.63) is 67.2 Å². The van der Waals surface area contributed by atoms with Crippen LogP contribution in [-0.4, -0.2) is 16.6 Å². The first-order valence-corrected chi connectivity index (χ1v) is 8.26. The van der Waals surface area contributed by atoms with Gasteiger partial charge in [-0.15, -0.1) is 11.8 Å². The van der Waals surface area contributed by atoms with Crippen molar-refractivity contribution in [2.75, 3.05) is 11.1 Å². The lowest BCUT2D eigenvalue weighted by molar-refractivity contribution is -0.115. The molecule has 0 fully saturated rings. The summed E-state index contributed by atoms with van der Waals surface area (Å²) >= 11 is 1.68. The molecule has 1 amide bonds. The third kappa shape index (κ3) is 4.47. The highest BCUT2D eigenvalue weighted by molar-refractivity contribution is 7.99. The third-order valence-corrected chi connectivity index (χ3v) is 4.24. The van der Waals surface area contributed by atoms with Crippen LogP contribution < -0.4 is 5.32 Å². The Labute approximate surface area is 138 Å². The summed E-state index contributed by atoms with van der Waals surface area (Å²) in [6.07, 6.45) is 3.53. The summed E-state index contributed by atoms with van der Waals surface area (Å²) in [5, 5.41) is 2.90. The number of rotatable bonds is 6. The van der Waals surface area contributed by atoms with Crippen molar-refractivity contribution in [1.29, 1.82) is 0 Å². The maximum atomic E-state index is 12.0. The van der Waals surface area contributed by atoms with Crippen molar-refractivity contribution in [1.82, 2.24) is 4.98 Å². The van der Waals surface area contributed by atoms with E-state index in [4.69, 9.17) is 4.42 Å². The van der Waals surface area contributed by atoms with Crippen molar-refractivity contribution in [3.63, 3.8) is 0 Å². The molecule has 0 aliphatic carbocycles. The van der Waals surface area contributed by atoms with Crippen LogP contribution in [0.3, 0.4) is 0 Å². The summed E-state index contributed by atoms with van der Waals surface area (Å²) in [5.74, 6) is 1.48. The Morgan fingerprint density at radius 1 is 1.09 bits per heavy atom. The molecule has 1 heterocycles. The van der Waals surface area contributed by atoms with Gasteiger partial charge in [-0.2, -0.15) is 0 Å². The first-order valence-electron chi connectivity index (χ1n) is 7.28. The number of nitrogens with zero attached hydrogens (tertiary/aromatic N) is 1. The van der Waals surface area contributed by atoms with Crippen molar-refractivity contribution < 1.29 is 9.21 Å². The van der Waals surface area contributed by atoms with Crippen molar-refractivity contribution >= 4 is 23.4 Å². The topological polar surface area (TPSA) is 55.1 Å². The number of amides is 1. The Hall–Kier alpha value is -2.53. The summed E-state index contributed by atoms with van der Waals surface area (Å²) < 4.78 is 5.23. The zero-order chi connectivity index (χ0) is 15.9. The van der Waals surface area contributed by atoms with Gasteiger partial charge in [0.15, 0.2) is 12.2 Å². The molecule has 5 heteroatoms. The number of benzene rings is 2. The first kappa shape index (κ1) is 15.4. The number of carbonyl (C=O) groups excluding carboxylic acids is 1. The Morgan fingerprint density at radius 2 is 1.87 bits per heavy atom. The van der Waals surface area contributed by atoms with E-state index in [1.807, 2.05) is 54.6 Å². The van der Waals surface area contributed by atoms with Gasteiger partial charge in [0, 0.05) is 28.3 Å². The van der Waals surface area contributed by atoms with Crippen molar-refractivity contribution in [2.45, 2.75) is 11.3 Å². The van der Waals surface area contributed by atoms with E-state index in [1.165, 1.54) is 11.3 Å². The van der Waals surface area contributed by atoms with Crippen LogP contribution in [0.2, 0.25) is 0 Å². The van der Waals surface area contributed by atoms with Gasteiger partial charge < -0.3 is 9.73 Å². The lowest BCUT2D eigenvalue weighted by atomic mass is 10.1. The SMILES string of the molecule is O=C(CCSc1ccccc1)Nc1ccc(-c2cnco2)cc1. The van der Waals surface area contributed by atoms with E-state index in [2.05, 4.69) is 10.3 Å². The van der Waals surface area contributed by atoms with Gasteiger partial charge in [-0.3, -0.25) is 4.79 Å².